The predicted octanol–water partition coefficient (Wildman–Crippen LogP) is 5.01. The topological polar surface area (TPSA) is 45.2 Å². The second-order valence-electron chi connectivity index (χ2n) is 5.80. The Kier molecular flexibility index (Phi) is 3.01. The summed E-state index contributed by atoms with van der Waals surface area (Å²) in [4.78, 5) is 2.93. The Morgan fingerprint density at radius 1 is 0.913 bits per heavy atom. The van der Waals surface area contributed by atoms with Gasteiger partial charge >= 0.3 is 0 Å². The molecule has 1 heterocycles. The molecule has 3 nitrogen and oxygen atoms in total. The highest BCUT2D eigenvalue weighted by Crippen LogP contribution is 2.40. The maximum atomic E-state index is 10.1. The molecule has 0 fully saturated rings. The van der Waals surface area contributed by atoms with E-state index in [4.69, 9.17) is 4.74 Å². The molecule has 3 heteroatoms. The minimum Gasteiger partial charge on any atom is -0.497 e. The molecule has 0 atom stereocenters. The average Bonchev–Trinajstić information content (AvgIpc) is 2.94. The molecule has 114 valence electrons. The van der Waals surface area contributed by atoms with Crippen LogP contribution in [0.5, 0.6) is 11.6 Å². The van der Waals surface area contributed by atoms with Crippen LogP contribution in [-0.2, 0) is 0 Å². The molecule has 4 aromatic rings. The van der Waals surface area contributed by atoms with E-state index in [-0.39, 0.29) is 5.88 Å². The maximum absolute atomic E-state index is 10.1. The minimum atomic E-state index is 0.200. The number of hydrogen-bond acceptors (Lipinski definition) is 2. The number of aromatic hydroxyl groups is 1. The number of ether oxygens (including phenoxy) is 1. The molecule has 2 N–H and O–H groups in total. The molecule has 4 rings (SSSR count). The molecule has 0 aliphatic carbocycles. The van der Waals surface area contributed by atoms with Gasteiger partial charge in [-0.2, -0.15) is 0 Å². The van der Waals surface area contributed by atoms with Gasteiger partial charge in [-0.25, -0.2) is 0 Å². The molecule has 0 bridgehead atoms. The molecule has 3 aromatic carbocycles. The first kappa shape index (κ1) is 13.7. The van der Waals surface area contributed by atoms with E-state index in [0.29, 0.717) is 0 Å². The number of benzene rings is 3. The van der Waals surface area contributed by atoms with Crippen LogP contribution in [0.3, 0.4) is 0 Å². The van der Waals surface area contributed by atoms with Gasteiger partial charge in [-0.1, -0.05) is 35.9 Å². The molecular formula is C20H17NO2. The number of H-pyrrole nitrogens is 1. The summed E-state index contributed by atoms with van der Waals surface area (Å²) in [6.45, 7) is 2.08. The molecule has 0 aliphatic heterocycles. The zero-order valence-electron chi connectivity index (χ0n) is 13.1. The highest BCUT2D eigenvalue weighted by Gasteiger charge is 2.14. The number of hydrogen-bond donors (Lipinski definition) is 2. The van der Waals surface area contributed by atoms with E-state index in [0.717, 1.165) is 38.4 Å². The summed E-state index contributed by atoms with van der Waals surface area (Å²) in [5.74, 6) is 1.02. The van der Waals surface area contributed by atoms with Crippen molar-refractivity contribution in [2.75, 3.05) is 7.11 Å². The summed E-state index contributed by atoms with van der Waals surface area (Å²) >= 11 is 0. The third-order valence-corrected chi connectivity index (χ3v) is 4.34. The van der Waals surface area contributed by atoms with E-state index in [1.807, 2.05) is 30.5 Å². The van der Waals surface area contributed by atoms with Gasteiger partial charge < -0.3 is 14.8 Å². The van der Waals surface area contributed by atoms with Crippen molar-refractivity contribution in [2.24, 2.45) is 0 Å². The maximum Gasteiger partial charge on any atom is 0.196 e. The quantitative estimate of drug-likeness (QED) is 0.546. The normalized spacial score (nSPS) is 11.2. The third-order valence-electron chi connectivity index (χ3n) is 4.34. The van der Waals surface area contributed by atoms with Crippen molar-refractivity contribution >= 4 is 21.5 Å². The van der Waals surface area contributed by atoms with Gasteiger partial charge in [0.25, 0.3) is 0 Å². The lowest BCUT2D eigenvalue weighted by molar-refractivity contribution is 0.415. The van der Waals surface area contributed by atoms with Crippen molar-refractivity contribution in [3.8, 4) is 22.8 Å². The summed E-state index contributed by atoms with van der Waals surface area (Å²) in [5, 5.41) is 14.1. The first-order chi connectivity index (χ1) is 11.2. The molecule has 1 aromatic heterocycles. The first-order valence-corrected chi connectivity index (χ1v) is 7.55. The highest BCUT2D eigenvalue weighted by molar-refractivity contribution is 6.14. The zero-order chi connectivity index (χ0) is 16.0. The molecule has 0 unspecified atom stereocenters. The highest BCUT2D eigenvalue weighted by atomic mass is 16.5. The number of aromatic nitrogens is 1. The molecule has 0 spiro atoms. The lowest BCUT2D eigenvalue weighted by atomic mass is 9.93. The number of fused-ring (bicyclic) bond motifs is 2. The summed E-state index contributed by atoms with van der Waals surface area (Å²) in [6, 6.07) is 16.5. The van der Waals surface area contributed by atoms with Gasteiger partial charge in [-0.3, -0.25) is 0 Å². The largest absolute Gasteiger partial charge is 0.497 e. The fraction of sp³-hybridized carbons (Fsp3) is 0.100. The van der Waals surface area contributed by atoms with Crippen molar-refractivity contribution in [3.63, 3.8) is 0 Å². The monoisotopic (exact) mass is 303 g/mol. The Balaban J connectivity index is 2.16. The average molecular weight is 303 g/mol. The SMILES string of the molecule is COc1ccc2cc3c(O)[nH]cc3c(-c3ccc(C)cc3)c2c1. The summed E-state index contributed by atoms with van der Waals surface area (Å²) in [7, 11) is 1.67. The Bertz CT molecular complexity index is 1010. The molecule has 0 amide bonds. The standard InChI is InChI=1S/C20H17NO2/c1-12-3-5-13(6-4-12)19-16-10-15(23-2)8-7-14(16)9-17-18(19)11-21-20(17)22/h3-11,21-22H,1-2H3. The van der Waals surface area contributed by atoms with Crippen LogP contribution in [0.15, 0.2) is 54.7 Å². The van der Waals surface area contributed by atoms with Gasteiger partial charge in [0.05, 0.1) is 7.11 Å². The van der Waals surface area contributed by atoms with Crippen molar-refractivity contribution in [2.45, 2.75) is 6.92 Å². The fourth-order valence-corrected chi connectivity index (χ4v) is 3.11. The Morgan fingerprint density at radius 3 is 2.43 bits per heavy atom. The first-order valence-electron chi connectivity index (χ1n) is 7.55. The van der Waals surface area contributed by atoms with Crippen LogP contribution in [0.25, 0.3) is 32.7 Å². The molecule has 0 saturated carbocycles. The van der Waals surface area contributed by atoms with Crippen LogP contribution in [0.4, 0.5) is 0 Å². The zero-order valence-corrected chi connectivity index (χ0v) is 13.1. The predicted molar refractivity (Wildman–Crippen MR) is 94.2 cm³/mol. The molecular weight excluding hydrogens is 286 g/mol. The number of nitrogens with one attached hydrogen (secondary N) is 1. The minimum absolute atomic E-state index is 0.200. The second-order valence-corrected chi connectivity index (χ2v) is 5.80. The lowest BCUT2D eigenvalue weighted by Crippen LogP contribution is -1.87. The molecule has 0 radical (unpaired) electrons. The summed E-state index contributed by atoms with van der Waals surface area (Å²) in [6.07, 6.45) is 1.86. The van der Waals surface area contributed by atoms with Crippen molar-refractivity contribution < 1.29 is 9.84 Å². The smallest absolute Gasteiger partial charge is 0.196 e. The van der Waals surface area contributed by atoms with E-state index < -0.39 is 0 Å². The van der Waals surface area contributed by atoms with Crippen LogP contribution in [0.2, 0.25) is 0 Å². The number of aromatic amines is 1. The summed E-state index contributed by atoms with van der Waals surface area (Å²) in [5.41, 5.74) is 3.45. The van der Waals surface area contributed by atoms with Gasteiger partial charge in [-0.15, -0.1) is 0 Å². The van der Waals surface area contributed by atoms with Crippen LogP contribution < -0.4 is 4.74 Å². The Hall–Kier alpha value is -2.94. The number of methoxy groups -OCH3 is 1. The molecule has 0 aliphatic rings. The number of aryl methyl sites for hydroxylation is 1. The van der Waals surface area contributed by atoms with E-state index in [9.17, 15) is 5.11 Å². The van der Waals surface area contributed by atoms with Crippen LogP contribution in [0.1, 0.15) is 5.56 Å². The van der Waals surface area contributed by atoms with E-state index in [1.54, 1.807) is 7.11 Å². The Labute approximate surface area is 134 Å². The van der Waals surface area contributed by atoms with Crippen molar-refractivity contribution in [1.82, 2.24) is 4.98 Å². The molecule has 0 saturated heterocycles. The van der Waals surface area contributed by atoms with Crippen molar-refractivity contribution in [3.05, 3.63) is 60.3 Å². The second kappa shape index (κ2) is 5.06. The van der Waals surface area contributed by atoms with Gasteiger partial charge in [0.1, 0.15) is 5.75 Å². The van der Waals surface area contributed by atoms with Crippen LogP contribution >= 0.6 is 0 Å². The van der Waals surface area contributed by atoms with E-state index >= 15 is 0 Å². The fourth-order valence-electron chi connectivity index (χ4n) is 3.11. The third kappa shape index (κ3) is 2.13. The van der Waals surface area contributed by atoms with Crippen molar-refractivity contribution in [1.29, 1.82) is 0 Å². The van der Waals surface area contributed by atoms with E-state index in [2.05, 4.69) is 36.2 Å². The van der Waals surface area contributed by atoms with Gasteiger partial charge in [-0.05, 0) is 47.0 Å². The summed E-state index contributed by atoms with van der Waals surface area (Å²) < 4.78 is 5.39. The van der Waals surface area contributed by atoms with Crippen LogP contribution in [0, 0.1) is 6.92 Å². The number of rotatable bonds is 2. The van der Waals surface area contributed by atoms with Gasteiger partial charge in [0.2, 0.25) is 0 Å². The van der Waals surface area contributed by atoms with Gasteiger partial charge in [0, 0.05) is 17.0 Å². The van der Waals surface area contributed by atoms with E-state index in [1.165, 1.54) is 5.56 Å². The lowest BCUT2D eigenvalue weighted by Gasteiger charge is -2.11. The van der Waals surface area contributed by atoms with Gasteiger partial charge in [0.15, 0.2) is 5.88 Å². The van der Waals surface area contributed by atoms with Crippen LogP contribution in [-0.4, -0.2) is 17.2 Å². The molecule has 23 heavy (non-hydrogen) atoms. The Morgan fingerprint density at radius 2 is 1.70 bits per heavy atom.